The van der Waals surface area contributed by atoms with E-state index in [2.05, 4.69) is 57.3 Å². The van der Waals surface area contributed by atoms with E-state index >= 15 is 0 Å². The van der Waals surface area contributed by atoms with Crippen molar-refractivity contribution in [1.29, 1.82) is 0 Å². The lowest BCUT2D eigenvalue weighted by Gasteiger charge is -2.41. The lowest BCUT2D eigenvalue weighted by Crippen LogP contribution is -2.53. The molecule has 1 saturated heterocycles. The monoisotopic (exact) mass is 350 g/mol. The number of rotatable bonds is 2. The van der Waals surface area contributed by atoms with Gasteiger partial charge in [-0.05, 0) is 44.4 Å². The van der Waals surface area contributed by atoms with Gasteiger partial charge in [-0.1, -0.05) is 53.4 Å². The van der Waals surface area contributed by atoms with E-state index in [1.807, 2.05) is 0 Å². The molecule has 1 aliphatic carbocycles. The molecule has 1 saturated carbocycles. The summed E-state index contributed by atoms with van der Waals surface area (Å²) in [7, 11) is 0. The van der Waals surface area contributed by atoms with E-state index in [-0.39, 0.29) is 0 Å². The number of halogens is 1. The van der Waals surface area contributed by atoms with Gasteiger partial charge in [-0.3, -0.25) is 4.90 Å². The van der Waals surface area contributed by atoms with Gasteiger partial charge in [0, 0.05) is 29.1 Å². The standard InChI is InChI=1S/C18H27BrN2/c1-15-9-12-20-18(10-5-2-6-11-18)14-21(15)13-16-7-3-4-8-17(16)19/h3-4,7-8,15,20H,2,5-6,9-14H2,1H3. The molecular weight excluding hydrogens is 324 g/mol. The Balaban J connectivity index is 1.76. The van der Waals surface area contributed by atoms with Crippen LogP contribution in [-0.4, -0.2) is 29.6 Å². The van der Waals surface area contributed by atoms with Crippen LogP contribution in [0.25, 0.3) is 0 Å². The van der Waals surface area contributed by atoms with Crippen LogP contribution in [0.4, 0.5) is 0 Å². The molecule has 1 unspecified atom stereocenters. The summed E-state index contributed by atoms with van der Waals surface area (Å²) in [5, 5.41) is 3.90. The molecule has 1 aromatic carbocycles. The number of hydrogen-bond donors (Lipinski definition) is 1. The van der Waals surface area contributed by atoms with Crippen molar-refractivity contribution in [3.8, 4) is 0 Å². The number of nitrogens with zero attached hydrogens (tertiary/aromatic N) is 1. The number of hydrogen-bond acceptors (Lipinski definition) is 2. The van der Waals surface area contributed by atoms with Crippen LogP contribution < -0.4 is 5.32 Å². The average molecular weight is 351 g/mol. The van der Waals surface area contributed by atoms with E-state index in [4.69, 9.17) is 0 Å². The zero-order chi connectivity index (χ0) is 14.7. The van der Waals surface area contributed by atoms with Crippen molar-refractivity contribution in [3.05, 3.63) is 34.3 Å². The van der Waals surface area contributed by atoms with E-state index in [1.165, 1.54) is 61.7 Å². The summed E-state index contributed by atoms with van der Waals surface area (Å²) in [6.07, 6.45) is 8.17. The molecule has 3 rings (SSSR count). The molecular formula is C18H27BrN2. The molecule has 1 aromatic rings. The maximum atomic E-state index is 3.90. The lowest BCUT2D eigenvalue weighted by molar-refractivity contribution is 0.131. The minimum atomic E-state index is 0.379. The Morgan fingerprint density at radius 1 is 1.24 bits per heavy atom. The fourth-order valence-corrected chi connectivity index (χ4v) is 4.36. The topological polar surface area (TPSA) is 15.3 Å². The normalized spacial score (nSPS) is 26.7. The molecule has 1 heterocycles. The van der Waals surface area contributed by atoms with E-state index in [1.54, 1.807) is 0 Å². The van der Waals surface area contributed by atoms with E-state index in [0.717, 1.165) is 6.54 Å². The fourth-order valence-electron chi connectivity index (χ4n) is 3.95. The summed E-state index contributed by atoms with van der Waals surface area (Å²) in [5.41, 5.74) is 1.79. The molecule has 116 valence electrons. The van der Waals surface area contributed by atoms with Crippen LogP contribution in [0.5, 0.6) is 0 Å². The van der Waals surface area contributed by atoms with Crippen LogP contribution in [-0.2, 0) is 6.54 Å². The van der Waals surface area contributed by atoms with Gasteiger partial charge in [0.25, 0.3) is 0 Å². The predicted octanol–water partition coefficient (Wildman–Crippen LogP) is 4.34. The highest BCUT2D eigenvalue weighted by molar-refractivity contribution is 9.10. The number of benzene rings is 1. The van der Waals surface area contributed by atoms with Gasteiger partial charge in [-0.15, -0.1) is 0 Å². The van der Waals surface area contributed by atoms with Crippen molar-refractivity contribution >= 4 is 15.9 Å². The van der Waals surface area contributed by atoms with Crippen LogP contribution in [0, 0.1) is 0 Å². The Bertz CT molecular complexity index is 468. The van der Waals surface area contributed by atoms with Gasteiger partial charge in [0.05, 0.1) is 0 Å². The average Bonchev–Trinajstić information content (AvgIpc) is 2.63. The molecule has 1 aliphatic heterocycles. The van der Waals surface area contributed by atoms with E-state index in [9.17, 15) is 0 Å². The van der Waals surface area contributed by atoms with Crippen LogP contribution in [0.15, 0.2) is 28.7 Å². The third-order valence-electron chi connectivity index (χ3n) is 5.33. The van der Waals surface area contributed by atoms with E-state index < -0.39 is 0 Å². The Kier molecular flexibility index (Phi) is 5.03. The van der Waals surface area contributed by atoms with E-state index in [0.29, 0.717) is 11.6 Å². The van der Waals surface area contributed by atoms with Gasteiger partial charge in [0.2, 0.25) is 0 Å². The lowest BCUT2D eigenvalue weighted by atomic mass is 9.81. The Hall–Kier alpha value is -0.380. The highest BCUT2D eigenvalue weighted by Gasteiger charge is 2.36. The Morgan fingerprint density at radius 3 is 2.76 bits per heavy atom. The molecule has 1 atom stereocenters. The van der Waals surface area contributed by atoms with Crippen molar-refractivity contribution in [2.75, 3.05) is 13.1 Å². The summed E-state index contributed by atoms with van der Waals surface area (Å²) < 4.78 is 1.24. The Labute approximate surface area is 137 Å². The van der Waals surface area contributed by atoms with Gasteiger partial charge in [0.1, 0.15) is 0 Å². The predicted molar refractivity (Wildman–Crippen MR) is 92.4 cm³/mol. The highest BCUT2D eigenvalue weighted by atomic mass is 79.9. The fraction of sp³-hybridized carbons (Fsp3) is 0.667. The molecule has 1 N–H and O–H groups in total. The van der Waals surface area contributed by atoms with Crippen LogP contribution >= 0.6 is 15.9 Å². The maximum absolute atomic E-state index is 3.90. The minimum absolute atomic E-state index is 0.379. The molecule has 21 heavy (non-hydrogen) atoms. The van der Waals surface area contributed by atoms with Crippen molar-refractivity contribution in [1.82, 2.24) is 10.2 Å². The maximum Gasteiger partial charge on any atom is 0.0309 e. The van der Waals surface area contributed by atoms with Gasteiger partial charge >= 0.3 is 0 Å². The smallest absolute Gasteiger partial charge is 0.0309 e. The Morgan fingerprint density at radius 2 is 2.00 bits per heavy atom. The van der Waals surface area contributed by atoms with Gasteiger partial charge in [-0.25, -0.2) is 0 Å². The van der Waals surface area contributed by atoms with Gasteiger partial charge in [0.15, 0.2) is 0 Å². The number of nitrogens with one attached hydrogen (secondary N) is 1. The second-order valence-corrected chi connectivity index (χ2v) is 7.76. The zero-order valence-electron chi connectivity index (χ0n) is 13.1. The largest absolute Gasteiger partial charge is 0.310 e. The first kappa shape index (κ1) is 15.5. The molecule has 3 heteroatoms. The molecule has 0 amide bonds. The first-order chi connectivity index (χ1) is 10.2. The van der Waals surface area contributed by atoms with Crippen molar-refractivity contribution in [2.45, 2.75) is 63.6 Å². The van der Waals surface area contributed by atoms with Gasteiger partial charge in [-0.2, -0.15) is 0 Å². The quantitative estimate of drug-likeness (QED) is 0.853. The summed E-state index contributed by atoms with van der Waals surface area (Å²) in [5.74, 6) is 0. The van der Waals surface area contributed by atoms with Crippen LogP contribution in [0.2, 0.25) is 0 Å². The van der Waals surface area contributed by atoms with Crippen molar-refractivity contribution in [3.63, 3.8) is 0 Å². The first-order valence-corrected chi connectivity index (χ1v) is 9.20. The molecule has 2 fully saturated rings. The first-order valence-electron chi connectivity index (χ1n) is 8.41. The molecule has 0 aromatic heterocycles. The summed E-state index contributed by atoms with van der Waals surface area (Å²) in [4.78, 5) is 2.70. The zero-order valence-corrected chi connectivity index (χ0v) is 14.7. The van der Waals surface area contributed by atoms with Crippen LogP contribution in [0.3, 0.4) is 0 Å². The summed E-state index contributed by atoms with van der Waals surface area (Å²) in [6, 6.07) is 9.32. The third kappa shape index (κ3) is 3.69. The van der Waals surface area contributed by atoms with Gasteiger partial charge < -0.3 is 5.32 Å². The second-order valence-electron chi connectivity index (χ2n) is 6.90. The highest BCUT2D eigenvalue weighted by Crippen LogP contribution is 2.32. The minimum Gasteiger partial charge on any atom is -0.310 e. The molecule has 1 spiro atoms. The molecule has 0 bridgehead atoms. The SMILES string of the molecule is CC1CCNC2(CCCCC2)CN1Cc1ccccc1Br. The van der Waals surface area contributed by atoms with Crippen molar-refractivity contribution in [2.24, 2.45) is 0 Å². The summed E-state index contributed by atoms with van der Waals surface area (Å²) in [6.45, 7) is 5.83. The molecule has 2 aliphatic rings. The van der Waals surface area contributed by atoms with Crippen LogP contribution in [0.1, 0.15) is 51.0 Å². The molecule has 2 nitrogen and oxygen atoms in total. The second kappa shape index (κ2) is 6.80. The third-order valence-corrected chi connectivity index (χ3v) is 6.11. The molecule has 0 radical (unpaired) electrons. The van der Waals surface area contributed by atoms with Crippen molar-refractivity contribution < 1.29 is 0 Å². The summed E-state index contributed by atoms with van der Waals surface area (Å²) >= 11 is 3.71.